The van der Waals surface area contributed by atoms with Crippen LogP contribution in [-0.2, 0) is 23.1 Å². The molecule has 2 amide bonds. The van der Waals surface area contributed by atoms with E-state index in [1.165, 1.54) is 36.5 Å². The Morgan fingerprint density at radius 3 is 2.49 bits per heavy atom. The monoisotopic (exact) mass is 612 g/mol. The lowest BCUT2D eigenvalue weighted by Crippen LogP contribution is -2.53. The number of rotatable bonds is 6. The van der Waals surface area contributed by atoms with E-state index in [4.69, 9.17) is 4.74 Å². The molecular weight excluding hydrogens is 576 g/mol. The van der Waals surface area contributed by atoms with Gasteiger partial charge in [0.05, 0.1) is 35.8 Å². The second-order valence-corrected chi connectivity index (χ2v) is 12.0. The van der Waals surface area contributed by atoms with E-state index in [1.54, 1.807) is 26.6 Å². The van der Waals surface area contributed by atoms with Crippen molar-refractivity contribution in [1.82, 2.24) is 28.9 Å². The first-order valence-electron chi connectivity index (χ1n) is 15.1. The first kappa shape index (κ1) is 30.2. The normalized spacial score (nSPS) is 19.8. The Labute approximate surface area is 259 Å². The van der Waals surface area contributed by atoms with Gasteiger partial charge in [0, 0.05) is 63.7 Å². The number of aliphatic hydroxyl groups is 1. The number of aromatic nitrogens is 4. The van der Waals surface area contributed by atoms with E-state index in [0.717, 1.165) is 5.56 Å². The molecule has 4 aromatic rings. The van der Waals surface area contributed by atoms with Gasteiger partial charge in [-0.2, -0.15) is 0 Å². The molecule has 5 heterocycles. The van der Waals surface area contributed by atoms with Gasteiger partial charge in [-0.3, -0.25) is 23.9 Å². The van der Waals surface area contributed by atoms with Crippen LogP contribution in [0, 0.1) is 5.92 Å². The number of benzene rings is 1. The van der Waals surface area contributed by atoms with E-state index < -0.39 is 11.6 Å². The lowest BCUT2D eigenvalue weighted by Gasteiger charge is -2.43. The van der Waals surface area contributed by atoms with Crippen LogP contribution in [0.25, 0.3) is 11.0 Å². The van der Waals surface area contributed by atoms with Crippen LogP contribution in [0.15, 0.2) is 72.2 Å². The molecule has 45 heavy (non-hydrogen) atoms. The van der Waals surface area contributed by atoms with Gasteiger partial charge in [0.25, 0.3) is 11.5 Å². The number of piperidine rings is 2. The maximum absolute atomic E-state index is 14.0. The fourth-order valence-electron chi connectivity index (χ4n) is 6.59. The Hall–Kier alpha value is -4.84. The molecule has 0 saturated carbocycles. The number of ether oxygens (including phenoxy) is 1. The van der Waals surface area contributed by atoms with Crippen molar-refractivity contribution >= 4 is 28.8 Å². The minimum atomic E-state index is -1.15. The van der Waals surface area contributed by atoms with Crippen LogP contribution in [0.2, 0.25) is 0 Å². The maximum Gasteiger partial charge on any atom is 0.339 e. The zero-order chi connectivity index (χ0) is 31.7. The molecule has 0 bridgehead atoms. The fourth-order valence-corrected chi connectivity index (χ4v) is 6.59. The summed E-state index contributed by atoms with van der Waals surface area (Å²) in [6, 6.07) is 12.9. The molecule has 234 valence electrons. The topological polar surface area (TPSA) is 140 Å². The highest BCUT2D eigenvalue weighted by Gasteiger charge is 2.41. The van der Waals surface area contributed by atoms with Gasteiger partial charge >= 0.3 is 5.97 Å². The minimum absolute atomic E-state index is 0.00287. The number of carbonyl (C=O) groups excluding carboxylic acids is 3. The van der Waals surface area contributed by atoms with Crippen molar-refractivity contribution in [1.29, 1.82) is 0 Å². The number of likely N-dealkylation sites (tertiary alicyclic amines) is 2. The molecule has 2 saturated heterocycles. The zero-order valence-corrected chi connectivity index (χ0v) is 25.3. The third-order valence-electron chi connectivity index (χ3n) is 9.17. The number of nitrogens with zero attached hydrogens (tertiary/aromatic N) is 6. The Bertz CT molecular complexity index is 1790. The number of aryl methyl sites for hydroxylation is 1. The fraction of sp³-hybridized carbons (Fsp3) is 0.394. The summed E-state index contributed by atoms with van der Waals surface area (Å²) in [5.74, 6) is -1.43. The quantitative estimate of drug-likeness (QED) is 0.327. The third kappa shape index (κ3) is 5.97. The summed E-state index contributed by atoms with van der Waals surface area (Å²) in [7, 11) is 3.10. The molecule has 1 aromatic carbocycles. The van der Waals surface area contributed by atoms with Crippen LogP contribution in [0.4, 0.5) is 0 Å². The Kier molecular flexibility index (Phi) is 8.24. The number of fused-ring (bicyclic) bond motifs is 1. The minimum Gasteiger partial charge on any atom is -0.465 e. The zero-order valence-electron chi connectivity index (χ0n) is 25.3. The van der Waals surface area contributed by atoms with Crippen LogP contribution in [0.3, 0.4) is 0 Å². The van der Waals surface area contributed by atoms with Crippen LogP contribution in [0.5, 0.6) is 0 Å². The first-order valence-corrected chi connectivity index (χ1v) is 15.1. The molecule has 6 rings (SSSR count). The molecule has 2 fully saturated rings. The Balaban J connectivity index is 1.15. The van der Waals surface area contributed by atoms with Gasteiger partial charge in [0.15, 0.2) is 0 Å². The van der Waals surface area contributed by atoms with Gasteiger partial charge in [-0.25, -0.2) is 9.78 Å². The van der Waals surface area contributed by atoms with Gasteiger partial charge in [-0.05, 0) is 37.0 Å². The smallest absolute Gasteiger partial charge is 0.339 e. The maximum atomic E-state index is 14.0. The third-order valence-corrected chi connectivity index (χ3v) is 9.17. The van der Waals surface area contributed by atoms with Crippen LogP contribution in [-0.4, -0.2) is 90.7 Å². The van der Waals surface area contributed by atoms with E-state index >= 15 is 0 Å². The number of methoxy groups -OCH3 is 1. The van der Waals surface area contributed by atoms with Crippen molar-refractivity contribution in [3.63, 3.8) is 0 Å². The molecule has 0 unspecified atom stereocenters. The van der Waals surface area contributed by atoms with Gasteiger partial charge in [-0.1, -0.05) is 30.3 Å². The van der Waals surface area contributed by atoms with Gasteiger partial charge in [0.2, 0.25) is 5.91 Å². The molecule has 1 N–H and O–H groups in total. The predicted octanol–water partition coefficient (Wildman–Crippen LogP) is 2.22. The first-order chi connectivity index (χ1) is 21.7. The summed E-state index contributed by atoms with van der Waals surface area (Å²) in [5.41, 5.74) is 0.687. The highest BCUT2D eigenvalue weighted by atomic mass is 16.5. The second kappa shape index (κ2) is 12.3. The van der Waals surface area contributed by atoms with Crippen molar-refractivity contribution < 1.29 is 24.2 Å². The van der Waals surface area contributed by atoms with E-state index in [0.29, 0.717) is 56.5 Å². The number of esters is 1. The molecule has 12 nitrogen and oxygen atoms in total. The van der Waals surface area contributed by atoms with Crippen molar-refractivity contribution in [2.24, 2.45) is 13.0 Å². The largest absolute Gasteiger partial charge is 0.465 e. The van der Waals surface area contributed by atoms with Crippen molar-refractivity contribution in [2.45, 2.75) is 37.3 Å². The van der Waals surface area contributed by atoms with Crippen LogP contribution in [0.1, 0.15) is 51.5 Å². The molecule has 0 spiro atoms. The summed E-state index contributed by atoms with van der Waals surface area (Å²) < 4.78 is 8.01. The number of pyridine rings is 1. The van der Waals surface area contributed by atoms with E-state index in [2.05, 4.69) is 9.97 Å². The van der Waals surface area contributed by atoms with E-state index in [1.807, 2.05) is 37.4 Å². The van der Waals surface area contributed by atoms with Crippen molar-refractivity contribution in [3.8, 4) is 0 Å². The van der Waals surface area contributed by atoms with E-state index in [9.17, 15) is 24.3 Å². The predicted molar refractivity (Wildman–Crippen MR) is 165 cm³/mol. The van der Waals surface area contributed by atoms with Gasteiger partial charge < -0.3 is 24.2 Å². The molecule has 2 aliphatic rings. The van der Waals surface area contributed by atoms with Crippen LogP contribution >= 0.6 is 0 Å². The Morgan fingerprint density at radius 1 is 1.02 bits per heavy atom. The average molecular weight is 613 g/mol. The van der Waals surface area contributed by atoms with Gasteiger partial charge in [0.1, 0.15) is 12.0 Å². The second-order valence-electron chi connectivity index (χ2n) is 12.0. The molecule has 12 heteroatoms. The summed E-state index contributed by atoms with van der Waals surface area (Å²) in [6.07, 6.45) is 7.17. The molecule has 3 aromatic heterocycles. The lowest BCUT2D eigenvalue weighted by molar-refractivity contribution is -0.142. The average Bonchev–Trinajstić information content (AvgIpc) is 3.46. The Morgan fingerprint density at radius 2 is 1.76 bits per heavy atom. The number of amides is 2. The molecule has 0 aliphatic carbocycles. The standard InChI is InChI=1S/C33H36N6O6/c1-36-12-8-26-28(36)35-21-39(31(26)42)20-33(44)10-14-37(15-11-33)30(41)25-9-13-38(19-27(25)22-6-4-3-5-7-22)29(40)23-16-24(18-34-17-23)32(43)45-2/h3-8,12,16-18,21,25,27,44H,9-11,13-15,19-20H2,1-2H3/t25-,27+/m1/s1. The molecular formula is C33H36N6O6. The molecule has 2 atom stereocenters. The van der Waals surface area contributed by atoms with Crippen LogP contribution < -0.4 is 5.56 Å². The number of hydrogen-bond donors (Lipinski definition) is 1. The number of hydrogen-bond acceptors (Lipinski definition) is 8. The summed E-state index contributed by atoms with van der Waals surface area (Å²) in [6.45, 7) is 1.52. The highest BCUT2D eigenvalue weighted by molar-refractivity contribution is 5.97. The molecule has 2 aliphatic heterocycles. The van der Waals surface area contributed by atoms with Crippen molar-refractivity contribution in [2.75, 3.05) is 33.3 Å². The number of carbonyl (C=O) groups is 3. The summed E-state index contributed by atoms with van der Waals surface area (Å²) in [4.78, 5) is 64.5. The lowest BCUT2D eigenvalue weighted by atomic mass is 9.79. The highest BCUT2D eigenvalue weighted by Crippen LogP contribution is 2.36. The summed E-state index contributed by atoms with van der Waals surface area (Å²) >= 11 is 0. The SMILES string of the molecule is COC(=O)c1cncc(C(=O)N2CC[C@@H](C(=O)N3CCC(O)(Cn4cnc5c(ccn5C)c4=O)CC3)[C@H](c3ccccc3)C2)c1. The van der Waals surface area contributed by atoms with Crippen molar-refractivity contribution in [3.05, 3.63) is 94.4 Å². The summed E-state index contributed by atoms with van der Waals surface area (Å²) in [5, 5.41) is 11.9. The molecule has 0 radical (unpaired) electrons. The van der Waals surface area contributed by atoms with E-state index in [-0.39, 0.29) is 46.9 Å². The van der Waals surface area contributed by atoms with Gasteiger partial charge in [-0.15, -0.1) is 0 Å².